The molecule has 1 unspecified atom stereocenters. The van der Waals surface area contributed by atoms with Crippen LogP contribution in [0.5, 0.6) is 11.5 Å². The van der Waals surface area contributed by atoms with Gasteiger partial charge in [0.2, 0.25) is 15.9 Å². The molecule has 29 heavy (non-hydrogen) atoms. The van der Waals surface area contributed by atoms with E-state index in [1.807, 2.05) is 0 Å². The fraction of sp³-hybridized carbons (Fsp3) is 0.350. The van der Waals surface area contributed by atoms with Gasteiger partial charge >= 0.3 is 0 Å². The van der Waals surface area contributed by atoms with Crippen LogP contribution in [0.1, 0.15) is 18.4 Å². The first-order valence-electron chi connectivity index (χ1n) is 9.09. The number of carbonyl (C=O) groups is 1. The van der Waals surface area contributed by atoms with Crippen LogP contribution >= 0.6 is 11.6 Å². The van der Waals surface area contributed by atoms with Crippen LogP contribution in [-0.4, -0.2) is 45.4 Å². The molecule has 156 valence electrons. The number of amides is 1. The zero-order chi connectivity index (χ0) is 21.2. The first kappa shape index (κ1) is 21.4. The molecule has 1 fully saturated rings. The van der Waals surface area contributed by atoms with Gasteiger partial charge in [-0.1, -0.05) is 17.7 Å². The van der Waals surface area contributed by atoms with Gasteiger partial charge in [-0.05, 0) is 49.6 Å². The fourth-order valence-corrected chi connectivity index (χ4v) is 5.53. The molecular formula is C20H23ClN2O5S. The Labute approximate surface area is 175 Å². The molecule has 1 aliphatic heterocycles. The second kappa shape index (κ2) is 8.61. The van der Waals surface area contributed by atoms with E-state index in [0.29, 0.717) is 40.6 Å². The average molecular weight is 439 g/mol. The molecular weight excluding hydrogens is 416 g/mol. The first-order chi connectivity index (χ1) is 13.8. The summed E-state index contributed by atoms with van der Waals surface area (Å²) in [5.74, 6) is 0.540. The number of rotatable bonds is 6. The van der Waals surface area contributed by atoms with Crippen LogP contribution in [0.25, 0.3) is 0 Å². The monoisotopic (exact) mass is 438 g/mol. The summed E-state index contributed by atoms with van der Waals surface area (Å²) >= 11 is 6.11. The second-order valence-electron chi connectivity index (χ2n) is 6.74. The molecule has 0 aromatic heterocycles. The predicted octanol–water partition coefficient (Wildman–Crippen LogP) is 3.46. The molecule has 1 aliphatic rings. The molecule has 2 aromatic carbocycles. The number of nitrogens with zero attached hydrogens (tertiary/aromatic N) is 1. The molecule has 9 heteroatoms. The van der Waals surface area contributed by atoms with Crippen LogP contribution < -0.4 is 14.8 Å². The number of anilines is 1. The summed E-state index contributed by atoms with van der Waals surface area (Å²) in [6.45, 7) is 2.00. The normalized spacial score (nSPS) is 17.2. The lowest BCUT2D eigenvalue weighted by atomic mass is 10.2. The zero-order valence-corrected chi connectivity index (χ0v) is 18.0. The molecule has 0 saturated carbocycles. The lowest BCUT2D eigenvalue weighted by Crippen LogP contribution is -2.43. The highest BCUT2D eigenvalue weighted by atomic mass is 35.5. The lowest BCUT2D eigenvalue weighted by molar-refractivity contribution is -0.119. The molecule has 0 spiro atoms. The van der Waals surface area contributed by atoms with Crippen LogP contribution in [0.3, 0.4) is 0 Å². The predicted molar refractivity (Wildman–Crippen MR) is 111 cm³/mol. The SMILES string of the molecule is COc1ccc(C)c(S(=O)(=O)N2CCCC2C(=O)Nc2ccc(OC)c(Cl)c2)c1. The molecule has 1 heterocycles. The Bertz CT molecular complexity index is 1030. The summed E-state index contributed by atoms with van der Waals surface area (Å²) in [5, 5.41) is 3.11. The van der Waals surface area contributed by atoms with E-state index in [1.165, 1.54) is 24.6 Å². The number of carbonyl (C=O) groups excluding carboxylic acids is 1. The van der Waals surface area contributed by atoms with Crippen LogP contribution in [0.4, 0.5) is 5.69 Å². The Hall–Kier alpha value is -2.29. The molecule has 1 atom stereocenters. The van der Waals surface area contributed by atoms with Crippen molar-refractivity contribution in [2.45, 2.75) is 30.7 Å². The van der Waals surface area contributed by atoms with E-state index in [9.17, 15) is 13.2 Å². The summed E-state index contributed by atoms with van der Waals surface area (Å²) < 4.78 is 38.1. The zero-order valence-electron chi connectivity index (χ0n) is 16.4. The maximum absolute atomic E-state index is 13.3. The number of ether oxygens (including phenoxy) is 2. The Morgan fingerprint density at radius 1 is 1.17 bits per heavy atom. The molecule has 1 amide bonds. The average Bonchev–Trinajstić information content (AvgIpc) is 3.19. The largest absolute Gasteiger partial charge is 0.497 e. The number of aryl methyl sites for hydroxylation is 1. The summed E-state index contributed by atoms with van der Waals surface area (Å²) in [6.07, 6.45) is 1.04. The molecule has 1 N–H and O–H groups in total. The van der Waals surface area contributed by atoms with Gasteiger partial charge in [0.15, 0.2) is 0 Å². The van der Waals surface area contributed by atoms with Crippen LogP contribution in [0, 0.1) is 6.92 Å². The van der Waals surface area contributed by atoms with Crippen molar-refractivity contribution in [2.75, 3.05) is 26.1 Å². The van der Waals surface area contributed by atoms with Crippen LogP contribution in [0.15, 0.2) is 41.3 Å². The minimum absolute atomic E-state index is 0.143. The van der Waals surface area contributed by atoms with E-state index >= 15 is 0 Å². The Kier molecular flexibility index (Phi) is 6.36. The standard InChI is InChI=1S/C20H23ClN2O5S/c1-13-6-8-15(27-2)12-19(13)29(25,26)23-10-4-5-17(23)20(24)22-14-7-9-18(28-3)16(21)11-14/h6-9,11-12,17H,4-5,10H2,1-3H3,(H,22,24). The van der Waals surface area contributed by atoms with Crippen molar-refractivity contribution in [3.63, 3.8) is 0 Å². The van der Waals surface area contributed by atoms with Gasteiger partial charge in [-0.3, -0.25) is 4.79 Å². The van der Waals surface area contributed by atoms with Gasteiger partial charge in [0.1, 0.15) is 17.5 Å². The van der Waals surface area contributed by atoms with Crippen molar-refractivity contribution >= 4 is 33.2 Å². The highest BCUT2D eigenvalue weighted by Gasteiger charge is 2.40. The first-order valence-corrected chi connectivity index (χ1v) is 10.9. The fourth-order valence-electron chi connectivity index (χ4n) is 3.37. The van der Waals surface area contributed by atoms with Gasteiger partial charge < -0.3 is 14.8 Å². The van der Waals surface area contributed by atoms with Gasteiger partial charge in [0.25, 0.3) is 0 Å². The quantitative estimate of drug-likeness (QED) is 0.746. The number of sulfonamides is 1. The van der Waals surface area contributed by atoms with Crippen molar-refractivity contribution < 1.29 is 22.7 Å². The van der Waals surface area contributed by atoms with E-state index in [4.69, 9.17) is 21.1 Å². The van der Waals surface area contributed by atoms with Gasteiger partial charge in [0.05, 0.1) is 24.1 Å². The lowest BCUT2D eigenvalue weighted by Gasteiger charge is -2.24. The van der Waals surface area contributed by atoms with Crippen LogP contribution in [0.2, 0.25) is 5.02 Å². The van der Waals surface area contributed by atoms with E-state index in [2.05, 4.69) is 5.32 Å². The molecule has 7 nitrogen and oxygen atoms in total. The third-order valence-electron chi connectivity index (χ3n) is 4.91. The molecule has 0 bridgehead atoms. The third-order valence-corrected chi connectivity index (χ3v) is 7.25. The van der Waals surface area contributed by atoms with E-state index in [1.54, 1.807) is 37.3 Å². The second-order valence-corrected chi connectivity index (χ2v) is 9.01. The van der Waals surface area contributed by atoms with E-state index < -0.39 is 22.0 Å². The summed E-state index contributed by atoms with van der Waals surface area (Å²) in [7, 11) is -0.880. The number of nitrogens with one attached hydrogen (secondary N) is 1. The highest BCUT2D eigenvalue weighted by molar-refractivity contribution is 7.89. The highest BCUT2D eigenvalue weighted by Crippen LogP contribution is 2.31. The molecule has 3 rings (SSSR count). The third kappa shape index (κ3) is 4.34. The van der Waals surface area contributed by atoms with Gasteiger partial charge in [-0.25, -0.2) is 8.42 Å². The van der Waals surface area contributed by atoms with E-state index in [-0.39, 0.29) is 11.4 Å². The number of hydrogen-bond acceptors (Lipinski definition) is 5. The van der Waals surface area contributed by atoms with Gasteiger partial charge in [-0.15, -0.1) is 0 Å². The Balaban J connectivity index is 1.85. The molecule has 0 aliphatic carbocycles. The van der Waals surface area contributed by atoms with Crippen molar-refractivity contribution in [1.82, 2.24) is 4.31 Å². The van der Waals surface area contributed by atoms with Crippen molar-refractivity contribution in [2.24, 2.45) is 0 Å². The summed E-state index contributed by atoms with van der Waals surface area (Å²) in [4.78, 5) is 13.0. The number of methoxy groups -OCH3 is 2. The van der Waals surface area contributed by atoms with Crippen molar-refractivity contribution in [3.05, 3.63) is 47.0 Å². The van der Waals surface area contributed by atoms with Crippen LogP contribution in [-0.2, 0) is 14.8 Å². The molecule has 1 saturated heterocycles. The maximum atomic E-state index is 13.3. The minimum Gasteiger partial charge on any atom is -0.497 e. The number of halogens is 1. The Morgan fingerprint density at radius 3 is 2.59 bits per heavy atom. The van der Waals surface area contributed by atoms with Crippen molar-refractivity contribution in [1.29, 1.82) is 0 Å². The minimum atomic E-state index is -3.86. The van der Waals surface area contributed by atoms with Gasteiger partial charge in [0, 0.05) is 18.3 Å². The molecule has 2 aromatic rings. The van der Waals surface area contributed by atoms with Gasteiger partial charge in [-0.2, -0.15) is 4.31 Å². The summed E-state index contributed by atoms with van der Waals surface area (Å²) in [6, 6.07) is 8.95. The Morgan fingerprint density at radius 2 is 1.93 bits per heavy atom. The van der Waals surface area contributed by atoms with Crippen molar-refractivity contribution in [3.8, 4) is 11.5 Å². The topological polar surface area (TPSA) is 84.9 Å². The summed E-state index contributed by atoms with van der Waals surface area (Å²) in [5.41, 5.74) is 1.07. The molecule has 0 radical (unpaired) electrons. The maximum Gasteiger partial charge on any atom is 0.244 e. The number of hydrogen-bond donors (Lipinski definition) is 1. The number of benzene rings is 2. The van der Waals surface area contributed by atoms with E-state index in [0.717, 1.165) is 0 Å². The smallest absolute Gasteiger partial charge is 0.244 e.